The molecule has 82 valence electrons. The van der Waals surface area contributed by atoms with Crippen molar-refractivity contribution in [2.45, 2.75) is 19.4 Å². The summed E-state index contributed by atoms with van der Waals surface area (Å²) in [6.07, 6.45) is 5.01. The summed E-state index contributed by atoms with van der Waals surface area (Å²) < 4.78 is 1.83. The summed E-state index contributed by atoms with van der Waals surface area (Å²) in [6, 6.07) is 0. The number of rotatable bonds is 6. The first-order valence-electron chi connectivity index (χ1n) is 4.62. The van der Waals surface area contributed by atoms with Crippen LogP contribution in [0.5, 0.6) is 0 Å². The Morgan fingerprint density at radius 3 is 2.80 bits per heavy atom. The van der Waals surface area contributed by atoms with Crippen LogP contribution in [0, 0.1) is 0 Å². The van der Waals surface area contributed by atoms with E-state index in [0.29, 0.717) is 13.1 Å². The number of carbonyl (C=O) groups is 2. The second-order valence-electron chi connectivity index (χ2n) is 3.04. The first-order valence-corrected chi connectivity index (χ1v) is 4.62. The molecule has 1 amide bonds. The van der Waals surface area contributed by atoms with Crippen molar-refractivity contribution in [3.05, 3.63) is 18.7 Å². The number of imidazole rings is 1. The molecule has 0 aliphatic carbocycles. The van der Waals surface area contributed by atoms with Gasteiger partial charge in [-0.25, -0.2) is 4.98 Å². The monoisotopic (exact) mass is 211 g/mol. The molecule has 0 fully saturated rings. The van der Waals surface area contributed by atoms with Crippen LogP contribution < -0.4 is 5.32 Å². The Balaban J connectivity index is 2.09. The largest absolute Gasteiger partial charge is 0.481 e. The number of nitrogens with one attached hydrogen (secondary N) is 1. The topological polar surface area (TPSA) is 84.2 Å². The molecule has 0 spiro atoms. The molecule has 0 bridgehead atoms. The number of hydrogen-bond acceptors (Lipinski definition) is 3. The lowest BCUT2D eigenvalue weighted by atomic mass is 10.3. The van der Waals surface area contributed by atoms with Crippen LogP contribution in [0.15, 0.2) is 18.7 Å². The van der Waals surface area contributed by atoms with Crippen molar-refractivity contribution < 1.29 is 14.7 Å². The van der Waals surface area contributed by atoms with E-state index in [1.165, 1.54) is 0 Å². The number of amides is 1. The van der Waals surface area contributed by atoms with E-state index in [2.05, 4.69) is 10.3 Å². The first kappa shape index (κ1) is 11.2. The van der Waals surface area contributed by atoms with Gasteiger partial charge in [-0.1, -0.05) is 0 Å². The molecule has 0 unspecified atom stereocenters. The standard InChI is InChI=1S/C9H13N3O3/c13-8(1-2-9(14)15)11-4-6-12-5-3-10-7-12/h3,5,7H,1-2,4,6H2,(H,11,13)(H,14,15). The number of hydrogen-bond donors (Lipinski definition) is 2. The molecule has 1 aromatic heterocycles. The fraction of sp³-hybridized carbons (Fsp3) is 0.444. The molecule has 0 radical (unpaired) electrons. The van der Waals surface area contributed by atoms with Crippen molar-refractivity contribution in [1.29, 1.82) is 0 Å². The first-order chi connectivity index (χ1) is 7.18. The highest BCUT2D eigenvalue weighted by Gasteiger charge is 2.03. The zero-order valence-electron chi connectivity index (χ0n) is 8.22. The molecular weight excluding hydrogens is 198 g/mol. The molecule has 0 aliphatic rings. The van der Waals surface area contributed by atoms with Gasteiger partial charge < -0.3 is 15.0 Å². The lowest BCUT2D eigenvalue weighted by Crippen LogP contribution is -2.27. The van der Waals surface area contributed by atoms with Crippen molar-refractivity contribution >= 4 is 11.9 Å². The van der Waals surface area contributed by atoms with Crippen LogP contribution in [0.1, 0.15) is 12.8 Å². The van der Waals surface area contributed by atoms with Crippen molar-refractivity contribution in [2.75, 3.05) is 6.54 Å². The molecule has 6 nitrogen and oxygen atoms in total. The van der Waals surface area contributed by atoms with E-state index in [-0.39, 0.29) is 18.7 Å². The van der Waals surface area contributed by atoms with E-state index < -0.39 is 5.97 Å². The Bertz CT molecular complexity index is 321. The van der Waals surface area contributed by atoms with E-state index in [9.17, 15) is 9.59 Å². The summed E-state index contributed by atoms with van der Waals surface area (Å²) in [7, 11) is 0. The van der Waals surface area contributed by atoms with E-state index >= 15 is 0 Å². The number of nitrogens with zero attached hydrogens (tertiary/aromatic N) is 2. The minimum absolute atomic E-state index is 0.0270. The summed E-state index contributed by atoms with van der Waals surface area (Å²) in [5, 5.41) is 11.0. The Morgan fingerprint density at radius 2 is 2.20 bits per heavy atom. The third-order valence-corrected chi connectivity index (χ3v) is 1.82. The Kier molecular flexibility index (Phi) is 4.33. The molecule has 1 heterocycles. The molecule has 1 rings (SSSR count). The molecule has 0 aromatic carbocycles. The van der Waals surface area contributed by atoms with Gasteiger partial charge in [-0.2, -0.15) is 0 Å². The summed E-state index contributed by atoms with van der Waals surface area (Å²) in [6.45, 7) is 1.12. The third kappa shape index (κ3) is 4.80. The van der Waals surface area contributed by atoms with Gasteiger partial charge in [0.2, 0.25) is 5.91 Å². The predicted molar refractivity (Wildman–Crippen MR) is 52.1 cm³/mol. The maximum absolute atomic E-state index is 11.1. The maximum atomic E-state index is 11.1. The van der Waals surface area contributed by atoms with Gasteiger partial charge in [0, 0.05) is 31.9 Å². The van der Waals surface area contributed by atoms with Gasteiger partial charge in [0.05, 0.1) is 12.7 Å². The second kappa shape index (κ2) is 5.79. The second-order valence-corrected chi connectivity index (χ2v) is 3.04. The highest BCUT2D eigenvalue weighted by Crippen LogP contribution is 1.89. The summed E-state index contributed by atoms with van der Waals surface area (Å²) in [4.78, 5) is 25.1. The van der Waals surface area contributed by atoms with Gasteiger partial charge in [-0.05, 0) is 0 Å². The normalized spacial score (nSPS) is 9.87. The summed E-state index contributed by atoms with van der Waals surface area (Å²) in [5.74, 6) is -1.20. The van der Waals surface area contributed by atoms with E-state index in [4.69, 9.17) is 5.11 Å². The highest BCUT2D eigenvalue weighted by molar-refractivity contribution is 5.80. The smallest absolute Gasteiger partial charge is 0.303 e. The number of carboxylic acid groups (broad SMARTS) is 1. The lowest BCUT2D eigenvalue weighted by Gasteiger charge is -2.04. The number of carboxylic acids is 1. The number of aromatic nitrogens is 2. The molecule has 1 aromatic rings. The van der Waals surface area contributed by atoms with Gasteiger partial charge >= 0.3 is 5.97 Å². The van der Waals surface area contributed by atoms with Crippen LogP contribution in [0.2, 0.25) is 0 Å². The van der Waals surface area contributed by atoms with E-state index in [1.807, 2.05) is 4.57 Å². The quantitative estimate of drug-likeness (QED) is 0.686. The summed E-state index contributed by atoms with van der Waals surface area (Å²) in [5.41, 5.74) is 0. The average molecular weight is 211 g/mol. The minimum atomic E-state index is -0.959. The molecule has 0 saturated carbocycles. The third-order valence-electron chi connectivity index (χ3n) is 1.82. The molecular formula is C9H13N3O3. The molecule has 15 heavy (non-hydrogen) atoms. The molecule has 0 atom stereocenters. The van der Waals surface area contributed by atoms with Crippen LogP contribution in [0.4, 0.5) is 0 Å². The molecule has 0 saturated heterocycles. The van der Waals surface area contributed by atoms with Crippen molar-refractivity contribution in [2.24, 2.45) is 0 Å². The van der Waals surface area contributed by atoms with Gasteiger partial charge in [-0.15, -0.1) is 0 Å². The van der Waals surface area contributed by atoms with Crippen molar-refractivity contribution in [1.82, 2.24) is 14.9 Å². The van der Waals surface area contributed by atoms with Crippen molar-refractivity contribution in [3.63, 3.8) is 0 Å². The van der Waals surface area contributed by atoms with Gasteiger partial charge in [-0.3, -0.25) is 9.59 Å². The van der Waals surface area contributed by atoms with Gasteiger partial charge in [0.15, 0.2) is 0 Å². The predicted octanol–water partition coefficient (Wildman–Crippen LogP) is -0.136. The zero-order valence-corrected chi connectivity index (χ0v) is 8.22. The van der Waals surface area contributed by atoms with Crippen LogP contribution in [0.25, 0.3) is 0 Å². The fourth-order valence-electron chi connectivity index (χ4n) is 1.05. The Morgan fingerprint density at radius 1 is 1.40 bits per heavy atom. The highest BCUT2D eigenvalue weighted by atomic mass is 16.4. The van der Waals surface area contributed by atoms with E-state index in [0.717, 1.165) is 0 Å². The number of carbonyl (C=O) groups excluding carboxylic acids is 1. The average Bonchev–Trinajstić information content (AvgIpc) is 2.67. The minimum Gasteiger partial charge on any atom is -0.481 e. The summed E-state index contributed by atoms with van der Waals surface area (Å²) >= 11 is 0. The Hall–Kier alpha value is -1.85. The fourth-order valence-corrected chi connectivity index (χ4v) is 1.05. The SMILES string of the molecule is O=C(O)CCC(=O)NCCn1ccnc1. The van der Waals surface area contributed by atoms with Crippen LogP contribution in [0.3, 0.4) is 0 Å². The van der Waals surface area contributed by atoms with Crippen molar-refractivity contribution in [3.8, 4) is 0 Å². The molecule has 2 N–H and O–H groups in total. The van der Waals surface area contributed by atoms with Crippen LogP contribution in [-0.4, -0.2) is 33.1 Å². The lowest BCUT2D eigenvalue weighted by molar-refractivity contribution is -0.138. The van der Waals surface area contributed by atoms with Crippen LogP contribution >= 0.6 is 0 Å². The van der Waals surface area contributed by atoms with Gasteiger partial charge in [0.25, 0.3) is 0 Å². The van der Waals surface area contributed by atoms with Crippen LogP contribution in [-0.2, 0) is 16.1 Å². The number of aliphatic carboxylic acids is 1. The maximum Gasteiger partial charge on any atom is 0.303 e. The van der Waals surface area contributed by atoms with Gasteiger partial charge in [0.1, 0.15) is 0 Å². The molecule has 0 aliphatic heterocycles. The van der Waals surface area contributed by atoms with E-state index in [1.54, 1.807) is 18.7 Å². The zero-order chi connectivity index (χ0) is 11.1. The molecule has 6 heteroatoms. The Labute approximate surface area is 86.9 Å².